The van der Waals surface area contributed by atoms with E-state index >= 15 is 0 Å². The third-order valence-electron chi connectivity index (χ3n) is 3.60. The Hall–Kier alpha value is -0.940. The Balaban J connectivity index is 1.90. The highest BCUT2D eigenvalue weighted by Crippen LogP contribution is 2.35. The van der Waals surface area contributed by atoms with Gasteiger partial charge in [-0.3, -0.25) is 4.79 Å². The second kappa shape index (κ2) is 5.80. The Bertz CT molecular complexity index is 384. The van der Waals surface area contributed by atoms with Crippen LogP contribution in [0.5, 0.6) is 0 Å². The zero-order valence-electron chi connectivity index (χ0n) is 11.0. The van der Waals surface area contributed by atoms with E-state index in [1.165, 1.54) is 5.01 Å². The molecule has 0 bridgehead atoms. The lowest BCUT2D eigenvalue weighted by Gasteiger charge is -2.38. The zero-order valence-corrected chi connectivity index (χ0v) is 11.8. The lowest BCUT2D eigenvalue weighted by Crippen LogP contribution is -2.45. The highest BCUT2D eigenvalue weighted by molar-refractivity contribution is 7.09. The van der Waals surface area contributed by atoms with E-state index in [2.05, 4.69) is 11.9 Å². The number of thiazole rings is 1. The Morgan fingerprint density at radius 3 is 2.83 bits per heavy atom. The average Bonchev–Trinajstić information content (AvgIpc) is 2.91. The third-order valence-corrected chi connectivity index (χ3v) is 4.68. The van der Waals surface area contributed by atoms with Gasteiger partial charge in [0.15, 0.2) is 0 Å². The smallest absolute Gasteiger partial charge is 0.248 e. The van der Waals surface area contributed by atoms with Crippen molar-refractivity contribution in [2.24, 2.45) is 0 Å². The molecule has 2 heterocycles. The van der Waals surface area contributed by atoms with E-state index in [1.54, 1.807) is 11.3 Å². The molecule has 100 valence electrons. The number of aromatic nitrogens is 1. The van der Waals surface area contributed by atoms with Crippen LogP contribution in [0.2, 0.25) is 0 Å². The molecule has 1 saturated heterocycles. The zero-order chi connectivity index (χ0) is 13.0. The van der Waals surface area contributed by atoms with E-state index in [0.29, 0.717) is 6.61 Å². The number of nitrogens with zero attached hydrogens (tertiary/aromatic N) is 2. The van der Waals surface area contributed by atoms with E-state index < -0.39 is 0 Å². The van der Waals surface area contributed by atoms with Crippen molar-refractivity contribution in [3.05, 3.63) is 16.6 Å². The summed E-state index contributed by atoms with van der Waals surface area (Å²) >= 11 is 1.71. The van der Waals surface area contributed by atoms with E-state index in [4.69, 9.17) is 4.74 Å². The maximum absolute atomic E-state index is 11.8. The number of amides is 1. The molecule has 0 aromatic carbocycles. The summed E-state index contributed by atoms with van der Waals surface area (Å²) in [6, 6.07) is 0. The maximum Gasteiger partial charge on any atom is 0.248 e. The van der Waals surface area contributed by atoms with Crippen LogP contribution in [-0.2, 0) is 14.9 Å². The van der Waals surface area contributed by atoms with Crippen molar-refractivity contribution in [2.75, 3.05) is 26.3 Å². The first-order valence-electron chi connectivity index (χ1n) is 6.41. The van der Waals surface area contributed by atoms with E-state index in [-0.39, 0.29) is 17.9 Å². The van der Waals surface area contributed by atoms with Crippen molar-refractivity contribution in [3.63, 3.8) is 0 Å². The summed E-state index contributed by atoms with van der Waals surface area (Å²) in [6.07, 6.45) is 3.83. The van der Waals surface area contributed by atoms with Crippen molar-refractivity contribution in [1.82, 2.24) is 9.88 Å². The van der Waals surface area contributed by atoms with Crippen molar-refractivity contribution >= 4 is 17.2 Å². The molecule has 0 N–H and O–H groups in total. The quantitative estimate of drug-likeness (QED) is 0.839. The number of rotatable bonds is 4. The summed E-state index contributed by atoms with van der Waals surface area (Å²) in [7, 11) is 0. The lowest BCUT2D eigenvalue weighted by atomic mass is 9.81. The first-order chi connectivity index (χ1) is 8.65. The Morgan fingerprint density at radius 1 is 1.56 bits per heavy atom. The molecule has 0 saturated carbocycles. The Kier molecular flexibility index (Phi) is 4.35. The number of ether oxygens (including phenoxy) is 1. The minimum atomic E-state index is 0.109. The van der Waals surface area contributed by atoms with Gasteiger partial charge >= 0.3 is 0 Å². The topological polar surface area (TPSA) is 42.4 Å². The van der Waals surface area contributed by atoms with Gasteiger partial charge in [0, 0.05) is 36.7 Å². The first kappa shape index (κ1) is 13.5. The largest absolute Gasteiger partial charge is 0.372 e. The molecule has 0 atom stereocenters. The maximum atomic E-state index is 11.8. The summed E-state index contributed by atoms with van der Waals surface area (Å²) in [5.41, 5.74) is 0.135. The molecule has 0 radical (unpaired) electrons. The van der Waals surface area contributed by atoms with Gasteiger partial charge < -0.3 is 9.64 Å². The fourth-order valence-electron chi connectivity index (χ4n) is 2.27. The highest BCUT2D eigenvalue weighted by atomic mass is 32.1. The minimum Gasteiger partial charge on any atom is -0.372 e. The van der Waals surface area contributed by atoms with Crippen molar-refractivity contribution in [2.45, 2.75) is 32.1 Å². The number of carbonyl (C=O) groups is 1. The standard InChI is InChI=1S/C13H20N2O2S/c1-3-17-10-11(16)15-7-4-13(2,5-8-15)12-14-6-9-18-12/h6,9H,3-5,7-8,10H2,1-2H3. The van der Waals surface area contributed by atoms with Gasteiger partial charge in [-0.15, -0.1) is 11.3 Å². The monoisotopic (exact) mass is 268 g/mol. The molecular weight excluding hydrogens is 248 g/mol. The number of hydrogen-bond acceptors (Lipinski definition) is 4. The average molecular weight is 268 g/mol. The minimum absolute atomic E-state index is 0.109. The second-order valence-electron chi connectivity index (χ2n) is 4.92. The van der Waals surface area contributed by atoms with Gasteiger partial charge in [0.25, 0.3) is 0 Å². The van der Waals surface area contributed by atoms with Crippen LogP contribution in [0.4, 0.5) is 0 Å². The van der Waals surface area contributed by atoms with Crippen molar-refractivity contribution in [1.29, 1.82) is 0 Å². The van der Waals surface area contributed by atoms with Crippen LogP contribution in [0.3, 0.4) is 0 Å². The lowest BCUT2D eigenvalue weighted by molar-refractivity contribution is -0.137. The molecule has 18 heavy (non-hydrogen) atoms. The summed E-state index contributed by atoms with van der Waals surface area (Å²) in [5, 5.41) is 3.21. The molecule has 4 nitrogen and oxygen atoms in total. The fourth-order valence-corrected chi connectivity index (χ4v) is 3.13. The van der Waals surface area contributed by atoms with Crippen LogP contribution < -0.4 is 0 Å². The molecular formula is C13H20N2O2S. The van der Waals surface area contributed by atoms with Gasteiger partial charge in [-0.25, -0.2) is 4.98 Å². The predicted octanol–water partition coefficient (Wildman–Crippen LogP) is 2.06. The van der Waals surface area contributed by atoms with Gasteiger partial charge in [-0.05, 0) is 19.8 Å². The van der Waals surface area contributed by atoms with E-state index in [0.717, 1.165) is 25.9 Å². The molecule has 1 amide bonds. The normalized spacial score (nSPS) is 18.9. The molecule has 0 aliphatic carbocycles. The summed E-state index contributed by atoms with van der Waals surface area (Å²) in [5.74, 6) is 0.109. The summed E-state index contributed by atoms with van der Waals surface area (Å²) in [6.45, 7) is 6.57. The Labute approximate surface area is 112 Å². The van der Waals surface area contributed by atoms with Gasteiger partial charge in [0.05, 0.1) is 5.01 Å². The van der Waals surface area contributed by atoms with E-state index in [9.17, 15) is 4.79 Å². The molecule has 2 rings (SSSR count). The van der Waals surface area contributed by atoms with Gasteiger partial charge in [-0.1, -0.05) is 6.92 Å². The summed E-state index contributed by atoms with van der Waals surface area (Å²) in [4.78, 5) is 18.2. The van der Waals surface area contributed by atoms with Gasteiger partial charge in [0.1, 0.15) is 6.61 Å². The number of hydrogen-bond donors (Lipinski definition) is 0. The molecule has 0 unspecified atom stereocenters. The first-order valence-corrected chi connectivity index (χ1v) is 7.29. The Morgan fingerprint density at radius 2 is 2.28 bits per heavy atom. The van der Waals surface area contributed by atoms with Crippen LogP contribution in [0, 0.1) is 0 Å². The predicted molar refractivity (Wildman–Crippen MR) is 71.8 cm³/mol. The van der Waals surface area contributed by atoms with Crippen LogP contribution in [0.25, 0.3) is 0 Å². The third kappa shape index (κ3) is 2.90. The highest BCUT2D eigenvalue weighted by Gasteiger charge is 2.35. The number of carbonyl (C=O) groups excluding carboxylic acids is 1. The van der Waals surface area contributed by atoms with E-state index in [1.807, 2.05) is 23.4 Å². The van der Waals surface area contributed by atoms with Gasteiger partial charge in [-0.2, -0.15) is 0 Å². The molecule has 5 heteroatoms. The van der Waals surface area contributed by atoms with Crippen LogP contribution >= 0.6 is 11.3 Å². The summed E-state index contributed by atoms with van der Waals surface area (Å²) < 4.78 is 5.17. The van der Waals surface area contributed by atoms with Crippen LogP contribution in [0.1, 0.15) is 31.7 Å². The SMILES string of the molecule is CCOCC(=O)N1CCC(C)(c2nccs2)CC1. The number of piperidine rings is 1. The fraction of sp³-hybridized carbons (Fsp3) is 0.692. The van der Waals surface area contributed by atoms with Crippen molar-refractivity contribution < 1.29 is 9.53 Å². The van der Waals surface area contributed by atoms with Gasteiger partial charge in [0.2, 0.25) is 5.91 Å². The molecule has 1 aliphatic heterocycles. The molecule has 0 spiro atoms. The van der Waals surface area contributed by atoms with Crippen LogP contribution in [0.15, 0.2) is 11.6 Å². The van der Waals surface area contributed by atoms with Crippen LogP contribution in [-0.4, -0.2) is 42.1 Å². The molecule has 1 aliphatic rings. The molecule has 1 aromatic rings. The molecule has 1 fully saturated rings. The second-order valence-corrected chi connectivity index (χ2v) is 5.81. The molecule has 1 aromatic heterocycles. The number of likely N-dealkylation sites (tertiary alicyclic amines) is 1. The van der Waals surface area contributed by atoms with Crippen molar-refractivity contribution in [3.8, 4) is 0 Å².